The van der Waals surface area contributed by atoms with Crippen molar-refractivity contribution in [2.75, 3.05) is 32.8 Å². The van der Waals surface area contributed by atoms with Gasteiger partial charge in [0, 0.05) is 26.2 Å². The van der Waals surface area contributed by atoms with Gasteiger partial charge >= 0.3 is 6.09 Å². The first kappa shape index (κ1) is 20.2. The molecule has 0 radical (unpaired) electrons. The number of nitrogens with zero attached hydrogens (tertiary/aromatic N) is 4. The topological polar surface area (TPSA) is 67.7 Å². The third-order valence-corrected chi connectivity index (χ3v) is 5.97. The number of rotatable bonds is 4. The highest BCUT2D eigenvalue weighted by atomic mass is 32.1. The van der Waals surface area contributed by atoms with Crippen molar-refractivity contribution in [1.82, 2.24) is 19.6 Å². The maximum Gasteiger partial charge on any atom is 0.409 e. The number of ether oxygens (including phenoxy) is 1. The molecule has 156 valence electrons. The molecular formula is C22H24N4O3S. The Hall–Kier alpha value is -3.13. The van der Waals surface area contributed by atoms with Crippen LogP contribution in [0.1, 0.15) is 23.0 Å². The van der Waals surface area contributed by atoms with Gasteiger partial charge in [0.1, 0.15) is 11.4 Å². The molecule has 0 N–H and O–H groups in total. The minimum atomic E-state index is -0.325. The van der Waals surface area contributed by atoms with Crippen molar-refractivity contribution in [3.8, 4) is 16.3 Å². The van der Waals surface area contributed by atoms with Crippen LogP contribution in [0.3, 0.4) is 0 Å². The number of hydrogen-bond donors (Lipinski definition) is 0. The zero-order valence-corrected chi connectivity index (χ0v) is 17.9. The van der Waals surface area contributed by atoms with E-state index in [9.17, 15) is 9.59 Å². The lowest BCUT2D eigenvalue weighted by molar-refractivity contribution is 0.0563. The lowest BCUT2D eigenvalue weighted by atomic mass is 10.2. The van der Waals surface area contributed by atoms with Crippen molar-refractivity contribution in [3.63, 3.8) is 0 Å². The number of benzene rings is 1. The largest absolute Gasteiger partial charge is 0.450 e. The SMILES string of the molecule is CCOC(=O)N1CCN(C(=O)c2cc(-c3cccs3)nn2-c2ccc(C)cc2)CC1. The third kappa shape index (κ3) is 4.09. The third-order valence-electron chi connectivity index (χ3n) is 5.07. The van der Waals surface area contributed by atoms with E-state index in [-0.39, 0.29) is 12.0 Å². The van der Waals surface area contributed by atoms with Gasteiger partial charge in [-0.25, -0.2) is 9.48 Å². The van der Waals surface area contributed by atoms with Gasteiger partial charge in [0.15, 0.2) is 0 Å². The van der Waals surface area contributed by atoms with Crippen LogP contribution in [0.4, 0.5) is 4.79 Å². The van der Waals surface area contributed by atoms with E-state index in [1.165, 1.54) is 0 Å². The molecule has 4 rings (SSSR count). The summed E-state index contributed by atoms with van der Waals surface area (Å²) >= 11 is 1.59. The second-order valence-electron chi connectivity index (χ2n) is 7.12. The molecule has 30 heavy (non-hydrogen) atoms. The summed E-state index contributed by atoms with van der Waals surface area (Å²) in [6.07, 6.45) is -0.325. The molecule has 3 heterocycles. The Morgan fingerprint density at radius 3 is 2.40 bits per heavy atom. The molecule has 0 unspecified atom stereocenters. The number of hydrogen-bond acceptors (Lipinski definition) is 5. The maximum absolute atomic E-state index is 13.4. The number of amides is 2. The second kappa shape index (κ2) is 8.71. The van der Waals surface area contributed by atoms with Crippen LogP contribution in [0, 0.1) is 6.92 Å². The van der Waals surface area contributed by atoms with Crippen molar-refractivity contribution >= 4 is 23.3 Å². The van der Waals surface area contributed by atoms with Gasteiger partial charge in [0.2, 0.25) is 0 Å². The van der Waals surface area contributed by atoms with Crippen LogP contribution in [-0.4, -0.2) is 64.4 Å². The van der Waals surface area contributed by atoms with E-state index < -0.39 is 0 Å². The van der Waals surface area contributed by atoms with Crippen molar-refractivity contribution < 1.29 is 14.3 Å². The average Bonchev–Trinajstić information content (AvgIpc) is 3.44. The van der Waals surface area contributed by atoms with Gasteiger partial charge in [-0.15, -0.1) is 11.3 Å². The predicted molar refractivity (Wildman–Crippen MR) is 116 cm³/mol. The number of aryl methyl sites for hydroxylation is 1. The quantitative estimate of drug-likeness (QED) is 0.639. The molecule has 0 atom stereocenters. The van der Waals surface area contributed by atoms with Crippen LogP contribution in [-0.2, 0) is 4.74 Å². The maximum atomic E-state index is 13.4. The van der Waals surface area contributed by atoms with Crippen molar-refractivity contribution in [2.45, 2.75) is 13.8 Å². The molecule has 1 saturated heterocycles. The van der Waals surface area contributed by atoms with Gasteiger partial charge in [0.25, 0.3) is 5.91 Å². The number of piperazine rings is 1. The van der Waals surface area contributed by atoms with Crippen molar-refractivity contribution in [3.05, 3.63) is 59.1 Å². The monoisotopic (exact) mass is 424 g/mol. The molecule has 0 bridgehead atoms. The van der Waals surface area contributed by atoms with Gasteiger partial charge < -0.3 is 14.5 Å². The predicted octanol–water partition coefficient (Wildman–Crippen LogP) is 3.82. The summed E-state index contributed by atoms with van der Waals surface area (Å²) in [4.78, 5) is 29.7. The van der Waals surface area contributed by atoms with Crippen molar-refractivity contribution in [2.24, 2.45) is 0 Å². The minimum absolute atomic E-state index is 0.0885. The molecule has 1 aromatic carbocycles. The Balaban J connectivity index is 1.60. The van der Waals surface area contributed by atoms with E-state index in [1.807, 2.05) is 54.8 Å². The zero-order chi connectivity index (χ0) is 21.1. The lowest BCUT2D eigenvalue weighted by Gasteiger charge is -2.34. The Morgan fingerprint density at radius 1 is 1.07 bits per heavy atom. The molecule has 2 amide bonds. The standard InChI is InChI=1S/C22H24N4O3S/c1-3-29-22(28)25-12-10-24(11-13-25)21(27)19-15-18(20-5-4-14-30-20)23-26(19)17-8-6-16(2)7-9-17/h4-9,14-15H,3,10-13H2,1-2H3. The molecule has 1 aliphatic rings. The van der Waals surface area contributed by atoms with Gasteiger partial charge in [-0.1, -0.05) is 23.8 Å². The number of carbonyl (C=O) groups excluding carboxylic acids is 2. The van der Waals surface area contributed by atoms with Gasteiger partial charge in [-0.3, -0.25) is 4.79 Å². The van der Waals surface area contributed by atoms with Crippen molar-refractivity contribution in [1.29, 1.82) is 0 Å². The Kier molecular flexibility index (Phi) is 5.85. The lowest BCUT2D eigenvalue weighted by Crippen LogP contribution is -2.51. The van der Waals surface area contributed by atoms with E-state index in [0.29, 0.717) is 38.5 Å². The smallest absolute Gasteiger partial charge is 0.409 e. The summed E-state index contributed by atoms with van der Waals surface area (Å²) in [6.45, 7) is 6.01. The van der Waals surface area contributed by atoms with Crippen LogP contribution in [0.25, 0.3) is 16.3 Å². The van der Waals surface area contributed by atoms with E-state index in [1.54, 1.807) is 32.7 Å². The zero-order valence-electron chi connectivity index (χ0n) is 17.1. The van der Waals surface area contributed by atoms with E-state index >= 15 is 0 Å². The van der Waals surface area contributed by atoms with Crippen LogP contribution < -0.4 is 0 Å². The molecule has 7 nitrogen and oxygen atoms in total. The fraction of sp³-hybridized carbons (Fsp3) is 0.318. The highest BCUT2D eigenvalue weighted by molar-refractivity contribution is 7.13. The van der Waals surface area contributed by atoms with E-state index in [0.717, 1.165) is 21.8 Å². The van der Waals surface area contributed by atoms with Gasteiger partial charge in [-0.2, -0.15) is 5.10 Å². The molecule has 8 heteroatoms. The van der Waals surface area contributed by atoms with Crippen LogP contribution >= 0.6 is 11.3 Å². The molecule has 0 aliphatic carbocycles. The molecule has 2 aromatic heterocycles. The summed E-state index contributed by atoms with van der Waals surface area (Å²) in [5.41, 5.74) is 3.29. The minimum Gasteiger partial charge on any atom is -0.450 e. The van der Waals surface area contributed by atoms with Gasteiger partial charge in [0.05, 0.1) is 17.2 Å². The number of aromatic nitrogens is 2. The Morgan fingerprint density at radius 2 is 1.77 bits per heavy atom. The van der Waals surface area contributed by atoms with Crippen LogP contribution in [0.2, 0.25) is 0 Å². The Labute approximate surface area is 179 Å². The molecule has 0 saturated carbocycles. The summed E-state index contributed by atoms with van der Waals surface area (Å²) in [5.74, 6) is -0.0885. The average molecular weight is 425 g/mol. The highest BCUT2D eigenvalue weighted by Gasteiger charge is 2.28. The fourth-order valence-electron chi connectivity index (χ4n) is 3.43. The van der Waals surface area contributed by atoms with Crippen LogP contribution in [0.5, 0.6) is 0 Å². The highest BCUT2D eigenvalue weighted by Crippen LogP contribution is 2.26. The molecule has 3 aromatic rings. The van der Waals surface area contributed by atoms with E-state index in [2.05, 4.69) is 0 Å². The summed E-state index contributed by atoms with van der Waals surface area (Å²) in [6, 6.07) is 13.8. The molecule has 1 aliphatic heterocycles. The van der Waals surface area contributed by atoms with E-state index in [4.69, 9.17) is 9.84 Å². The van der Waals surface area contributed by atoms with Gasteiger partial charge in [-0.05, 0) is 43.5 Å². The normalized spacial score (nSPS) is 14.1. The molecule has 1 fully saturated rings. The fourth-order valence-corrected chi connectivity index (χ4v) is 4.11. The molecular weight excluding hydrogens is 400 g/mol. The Bertz CT molecular complexity index is 1020. The van der Waals surface area contributed by atoms with Crippen LogP contribution in [0.15, 0.2) is 47.8 Å². The number of thiophene rings is 1. The first-order valence-corrected chi connectivity index (χ1v) is 10.9. The first-order valence-electron chi connectivity index (χ1n) is 9.98. The molecule has 0 spiro atoms. The number of carbonyl (C=O) groups is 2. The summed E-state index contributed by atoms with van der Waals surface area (Å²) < 4.78 is 6.78. The first-order chi connectivity index (χ1) is 14.6. The second-order valence-corrected chi connectivity index (χ2v) is 8.07. The summed E-state index contributed by atoms with van der Waals surface area (Å²) in [5, 5.41) is 6.73. The summed E-state index contributed by atoms with van der Waals surface area (Å²) in [7, 11) is 0.